The molecule has 24 heavy (non-hydrogen) atoms. The van der Waals surface area contributed by atoms with Gasteiger partial charge < -0.3 is 15.2 Å². The number of rotatable bonds is 4. The standard InChI is InChI=1S/C15H26N4O4S/c1-9-13(11(3)23-17-9)24(21,22)18-10(2)14(20)19-7-6-12(16)15(4,5)8-19/h10,12,18H,6-8,16H2,1-5H3. The van der Waals surface area contributed by atoms with Gasteiger partial charge in [0.1, 0.15) is 10.6 Å². The molecule has 1 aliphatic rings. The van der Waals surface area contributed by atoms with E-state index in [0.29, 0.717) is 19.5 Å². The summed E-state index contributed by atoms with van der Waals surface area (Å²) in [7, 11) is -3.88. The van der Waals surface area contributed by atoms with E-state index in [2.05, 4.69) is 9.88 Å². The predicted octanol–water partition coefficient (Wildman–Crippen LogP) is 0.544. The van der Waals surface area contributed by atoms with E-state index in [1.807, 2.05) is 13.8 Å². The number of nitrogens with one attached hydrogen (secondary N) is 1. The van der Waals surface area contributed by atoms with E-state index in [1.54, 1.807) is 18.7 Å². The number of hydrogen-bond acceptors (Lipinski definition) is 6. The van der Waals surface area contributed by atoms with Crippen LogP contribution in [0, 0.1) is 19.3 Å². The Morgan fingerprint density at radius 3 is 2.58 bits per heavy atom. The van der Waals surface area contributed by atoms with Crippen LogP contribution in [0.1, 0.15) is 38.6 Å². The molecule has 0 saturated carbocycles. The van der Waals surface area contributed by atoms with Crippen LogP contribution in [-0.4, -0.2) is 49.6 Å². The molecule has 136 valence electrons. The SMILES string of the molecule is Cc1noc(C)c1S(=O)(=O)NC(C)C(=O)N1CCC(N)C(C)(C)C1. The van der Waals surface area contributed by atoms with Gasteiger partial charge in [-0.15, -0.1) is 0 Å². The summed E-state index contributed by atoms with van der Waals surface area (Å²) in [6.45, 7) is 9.66. The summed E-state index contributed by atoms with van der Waals surface area (Å²) in [5.41, 5.74) is 6.15. The van der Waals surface area contributed by atoms with Crippen LogP contribution in [0.5, 0.6) is 0 Å². The average molecular weight is 358 g/mol. The van der Waals surface area contributed by atoms with E-state index < -0.39 is 16.1 Å². The maximum absolute atomic E-state index is 12.6. The lowest BCUT2D eigenvalue weighted by Crippen LogP contribution is -2.57. The normalized spacial score (nSPS) is 22.4. The zero-order chi connectivity index (χ0) is 18.3. The van der Waals surface area contributed by atoms with Crippen LogP contribution in [0.4, 0.5) is 0 Å². The average Bonchev–Trinajstić information content (AvgIpc) is 2.80. The Hall–Kier alpha value is -1.45. The summed E-state index contributed by atoms with van der Waals surface area (Å²) in [4.78, 5) is 14.3. The van der Waals surface area contributed by atoms with Crippen LogP contribution in [0.3, 0.4) is 0 Å². The van der Waals surface area contributed by atoms with E-state index in [4.69, 9.17) is 10.3 Å². The molecule has 8 nitrogen and oxygen atoms in total. The quantitative estimate of drug-likeness (QED) is 0.811. The molecule has 0 aliphatic carbocycles. The van der Waals surface area contributed by atoms with Gasteiger partial charge in [0.05, 0.1) is 6.04 Å². The zero-order valence-electron chi connectivity index (χ0n) is 14.8. The Kier molecular flexibility index (Phi) is 5.08. The first kappa shape index (κ1) is 18.9. The van der Waals surface area contributed by atoms with Gasteiger partial charge in [-0.2, -0.15) is 4.72 Å². The topological polar surface area (TPSA) is 119 Å². The molecular formula is C15H26N4O4S. The zero-order valence-corrected chi connectivity index (χ0v) is 15.6. The first-order valence-corrected chi connectivity index (χ1v) is 9.43. The molecule has 2 atom stereocenters. The Labute approximate surface area is 142 Å². The van der Waals surface area contributed by atoms with Crippen molar-refractivity contribution in [2.45, 2.75) is 58.0 Å². The molecule has 1 saturated heterocycles. The lowest BCUT2D eigenvalue weighted by molar-refractivity contribution is -0.136. The highest BCUT2D eigenvalue weighted by Crippen LogP contribution is 2.28. The molecule has 2 rings (SSSR count). The maximum Gasteiger partial charge on any atom is 0.246 e. The fourth-order valence-corrected chi connectivity index (χ4v) is 4.56. The third-order valence-electron chi connectivity index (χ3n) is 4.56. The fraction of sp³-hybridized carbons (Fsp3) is 0.733. The molecule has 2 heterocycles. The van der Waals surface area contributed by atoms with E-state index in [-0.39, 0.29) is 33.7 Å². The van der Waals surface area contributed by atoms with Gasteiger partial charge in [-0.1, -0.05) is 19.0 Å². The highest BCUT2D eigenvalue weighted by Gasteiger charge is 2.37. The van der Waals surface area contributed by atoms with E-state index in [9.17, 15) is 13.2 Å². The van der Waals surface area contributed by atoms with Crippen LogP contribution >= 0.6 is 0 Å². The number of likely N-dealkylation sites (tertiary alicyclic amines) is 1. The number of sulfonamides is 1. The lowest BCUT2D eigenvalue weighted by Gasteiger charge is -2.43. The first-order valence-electron chi connectivity index (χ1n) is 7.95. The van der Waals surface area contributed by atoms with Gasteiger partial charge in [0.2, 0.25) is 15.9 Å². The van der Waals surface area contributed by atoms with Crippen molar-refractivity contribution in [1.29, 1.82) is 0 Å². The maximum atomic E-state index is 12.6. The summed E-state index contributed by atoms with van der Waals surface area (Å²) in [6, 6.07) is -0.857. The second-order valence-corrected chi connectivity index (χ2v) is 8.79. The van der Waals surface area contributed by atoms with Crippen LogP contribution in [-0.2, 0) is 14.8 Å². The molecule has 1 aromatic heterocycles. The van der Waals surface area contributed by atoms with Gasteiger partial charge in [0.15, 0.2) is 5.76 Å². The highest BCUT2D eigenvalue weighted by molar-refractivity contribution is 7.89. The minimum Gasteiger partial charge on any atom is -0.360 e. The largest absolute Gasteiger partial charge is 0.360 e. The van der Waals surface area contributed by atoms with Crippen molar-refractivity contribution in [1.82, 2.24) is 14.8 Å². The van der Waals surface area contributed by atoms with Crippen LogP contribution in [0.15, 0.2) is 9.42 Å². The van der Waals surface area contributed by atoms with Crippen LogP contribution < -0.4 is 10.5 Å². The second kappa shape index (κ2) is 6.45. The van der Waals surface area contributed by atoms with Gasteiger partial charge in [-0.05, 0) is 32.6 Å². The smallest absolute Gasteiger partial charge is 0.246 e. The van der Waals surface area contributed by atoms with E-state index in [1.165, 1.54) is 6.92 Å². The third-order valence-corrected chi connectivity index (χ3v) is 6.35. The molecule has 1 aliphatic heterocycles. The molecule has 1 amide bonds. The van der Waals surface area contributed by atoms with Crippen molar-refractivity contribution in [2.75, 3.05) is 13.1 Å². The lowest BCUT2D eigenvalue weighted by atomic mass is 9.79. The molecule has 2 unspecified atom stereocenters. The number of amides is 1. The number of carbonyl (C=O) groups excluding carboxylic acids is 1. The fourth-order valence-electron chi connectivity index (χ4n) is 3.04. The summed E-state index contributed by atoms with van der Waals surface area (Å²) >= 11 is 0. The van der Waals surface area contributed by atoms with E-state index >= 15 is 0 Å². The summed E-state index contributed by atoms with van der Waals surface area (Å²) in [6.07, 6.45) is 0.697. The molecule has 1 fully saturated rings. The van der Waals surface area contributed by atoms with Gasteiger partial charge in [-0.25, -0.2) is 8.42 Å². The third kappa shape index (κ3) is 3.62. The van der Waals surface area contributed by atoms with Crippen molar-refractivity contribution < 1.29 is 17.7 Å². The number of piperidine rings is 1. The Balaban J connectivity index is 2.12. The Bertz CT molecular complexity index is 706. The minimum absolute atomic E-state index is 0.0110. The summed E-state index contributed by atoms with van der Waals surface area (Å²) < 4.78 is 32.3. The highest BCUT2D eigenvalue weighted by atomic mass is 32.2. The van der Waals surface area contributed by atoms with Crippen molar-refractivity contribution in [3.8, 4) is 0 Å². The molecule has 9 heteroatoms. The van der Waals surface area contributed by atoms with Crippen molar-refractivity contribution in [3.63, 3.8) is 0 Å². The van der Waals surface area contributed by atoms with Crippen molar-refractivity contribution in [2.24, 2.45) is 11.1 Å². The van der Waals surface area contributed by atoms with Crippen LogP contribution in [0.25, 0.3) is 0 Å². The number of hydrogen-bond donors (Lipinski definition) is 2. The number of carbonyl (C=O) groups is 1. The Morgan fingerprint density at radius 2 is 2.08 bits per heavy atom. The summed E-state index contributed by atoms with van der Waals surface area (Å²) in [5.74, 6) is -0.0601. The van der Waals surface area contributed by atoms with Crippen molar-refractivity contribution >= 4 is 15.9 Å². The number of aromatic nitrogens is 1. The molecular weight excluding hydrogens is 332 g/mol. The molecule has 0 aromatic carbocycles. The Morgan fingerprint density at radius 1 is 1.46 bits per heavy atom. The first-order chi connectivity index (χ1) is 11.0. The van der Waals surface area contributed by atoms with Gasteiger partial charge >= 0.3 is 0 Å². The number of aryl methyl sites for hydroxylation is 2. The molecule has 0 radical (unpaired) electrons. The van der Waals surface area contributed by atoms with Gasteiger partial charge in [0.25, 0.3) is 0 Å². The molecule has 1 aromatic rings. The number of nitrogens with two attached hydrogens (primary N) is 1. The number of nitrogens with zero attached hydrogens (tertiary/aromatic N) is 2. The monoisotopic (exact) mass is 358 g/mol. The van der Waals surface area contributed by atoms with E-state index in [0.717, 1.165) is 0 Å². The minimum atomic E-state index is -3.88. The molecule has 3 N–H and O–H groups in total. The van der Waals surface area contributed by atoms with Crippen molar-refractivity contribution in [3.05, 3.63) is 11.5 Å². The molecule has 0 spiro atoms. The predicted molar refractivity (Wildman–Crippen MR) is 88.7 cm³/mol. The van der Waals surface area contributed by atoms with Gasteiger partial charge in [-0.3, -0.25) is 4.79 Å². The van der Waals surface area contributed by atoms with Crippen LogP contribution in [0.2, 0.25) is 0 Å². The second-order valence-electron chi connectivity index (χ2n) is 7.14. The van der Waals surface area contributed by atoms with Gasteiger partial charge in [0, 0.05) is 19.1 Å². The summed E-state index contributed by atoms with van der Waals surface area (Å²) in [5, 5.41) is 3.65. The molecule has 0 bridgehead atoms.